The summed E-state index contributed by atoms with van der Waals surface area (Å²) in [7, 11) is 1.69. The van der Waals surface area contributed by atoms with Crippen molar-refractivity contribution < 1.29 is 9.84 Å². The van der Waals surface area contributed by atoms with Crippen LogP contribution in [0.2, 0.25) is 0 Å². The molecule has 0 heterocycles. The van der Waals surface area contributed by atoms with E-state index in [1.54, 1.807) is 7.11 Å². The van der Waals surface area contributed by atoms with Crippen molar-refractivity contribution in [1.29, 1.82) is 0 Å². The molecule has 2 nitrogen and oxygen atoms in total. The van der Waals surface area contributed by atoms with Crippen molar-refractivity contribution in [2.45, 2.75) is 51.7 Å². The lowest BCUT2D eigenvalue weighted by molar-refractivity contribution is -0.126. The molecule has 0 aromatic heterocycles. The van der Waals surface area contributed by atoms with Gasteiger partial charge < -0.3 is 9.84 Å². The second kappa shape index (κ2) is 3.97. The molecule has 3 atom stereocenters. The Balaban J connectivity index is 2.56. The van der Waals surface area contributed by atoms with Crippen molar-refractivity contribution in [1.82, 2.24) is 0 Å². The number of hydrogen-bond donors (Lipinski definition) is 1. The highest BCUT2D eigenvalue weighted by Crippen LogP contribution is 2.37. The molecule has 1 aliphatic rings. The lowest BCUT2D eigenvalue weighted by atomic mass is 9.73. The predicted molar refractivity (Wildman–Crippen MR) is 53.6 cm³/mol. The van der Waals surface area contributed by atoms with Gasteiger partial charge in [-0.2, -0.15) is 0 Å². The molecule has 0 saturated heterocycles. The van der Waals surface area contributed by atoms with Gasteiger partial charge in [-0.15, -0.1) is 0 Å². The van der Waals surface area contributed by atoms with E-state index >= 15 is 0 Å². The van der Waals surface area contributed by atoms with Gasteiger partial charge in [-0.05, 0) is 38.0 Å². The van der Waals surface area contributed by atoms with E-state index in [1.807, 2.05) is 6.92 Å². The van der Waals surface area contributed by atoms with Crippen LogP contribution < -0.4 is 0 Å². The Labute approximate surface area is 81.3 Å². The minimum absolute atomic E-state index is 0.293. The fraction of sp³-hybridized carbons (Fsp3) is 1.00. The summed E-state index contributed by atoms with van der Waals surface area (Å²) in [5.74, 6) is 1.34. The fourth-order valence-corrected chi connectivity index (χ4v) is 2.14. The van der Waals surface area contributed by atoms with Crippen LogP contribution >= 0.6 is 0 Å². The second-order valence-electron chi connectivity index (χ2n) is 4.81. The van der Waals surface area contributed by atoms with Gasteiger partial charge in [0.05, 0.1) is 11.7 Å². The zero-order valence-corrected chi connectivity index (χ0v) is 9.21. The van der Waals surface area contributed by atoms with Crippen molar-refractivity contribution in [3.8, 4) is 0 Å². The zero-order chi connectivity index (χ0) is 10.1. The van der Waals surface area contributed by atoms with Gasteiger partial charge in [-0.3, -0.25) is 0 Å². The third kappa shape index (κ3) is 2.23. The van der Waals surface area contributed by atoms with Crippen LogP contribution in [0.5, 0.6) is 0 Å². The lowest BCUT2D eigenvalue weighted by Crippen LogP contribution is -2.46. The van der Waals surface area contributed by atoms with Gasteiger partial charge in [-0.1, -0.05) is 13.8 Å². The van der Waals surface area contributed by atoms with E-state index < -0.39 is 0 Å². The summed E-state index contributed by atoms with van der Waals surface area (Å²) in [5.41, 5.74) is -0.300. The van der Waals surface area contributed by atoms with Crippen LogP contribution in [0.25, 0.3) is 0 Å². The van der Waals surface area contributed by atoms with Crippen LogP contribution in [0.15, 0.2) is 0 Å². The first kappa shape index (κ1) is 11.0. The lowest BCUT2D eigenvalue weighted by Gasteiger charge is -2.41. The van der Waals surface area contributed by atoms with Crippen molar-refractivity contribution in [3.63, 3.8) is 0 Å². The highest BCUT2D eigenvalue weighted by molar-refractivity contribution is 4.91. The molecule has 0 amide bonds. The second-order valence-corrected chi connectivity index (χ2v) is 4.81. The van der Waals surface area contributed by atoms with Gasteiger partial charge in [0.1, 0.15) is 0 Å². The molecule has 2 heteroatoms. The molecule has 0 aromatic rings. The third-order valence-electron chi connectivity index (χ3n) is 3.65. The Morgan fingerprint density at radius 3 is 2.46 bits per heavy atom. The van der Waals surface area contributed by atoms with E-state index in [0.717, 1.165) is 12.8 Å². The fourth-order valence-electron chi connectivity index (χ4n) is 2.14. The largest absolute Gasteiger partial charge is 0.390 e. The average molecular weight is 186 g/mol. The molecule has 1 aliphatic carbocycles. The van der Waals surface area contributed by atoms with Crippen LogP contribution in [0, 0.1) is 11.8 Å². The molecular formula is C11H22O2. The van der Waals surface area contributed by atoms with Crippen molar-refractivity contribution in [3.05, 3.63) is 0 Å². The maximum atomic E-state index is 9.92. The van der Waals surface area contributed by atoms with E-state index in [9.17, 15) is 5.11 Å². The molecule has 0 bridgehead atoms. The van der Waals surface area contributed by atoms with Gasteiger partial charge in [0, 0.05) is 7.11 Å². The van der Waals surface area contributed by atoms with Crippen LogP contribution in [0.4, 0.5) is 0 Å². The highest BCUT2D eigenvalue weighted by Gasteiger charge is 2.39. The average Bonchev–Trinajstić information content (AvgIpc) is 2.09. The smallest absolute Gasteiger partial charge is 0.0908 e. The van der Waals surface area contributed by atoms with Crippen LogP contribution in [0.3, 0.4) is 0 Å². The molecule has 1 fully saturated rings. The minimum atomic E-state index is -0.300. The number of aliphatic hydroxyl groups is 1. The summed E-state index contributed by atoms with van der Waals surface area (Å²) in [6.45, 7) is 6.47. The first-order valence-electron chi connectivity index (χ1n) is 5.23. The summed E-state index contributed by atoms with van der Waals surface area (Å²) in [5, 5.41) is 9.92. The van der Waals surface area contributed by atoms with E-state index in [1.165, 1.54) is 6.42 Å². The maximum Gasteiger partial charge on any atom is 0.0908 e. The normalized spacial score (nSPS) is 41.1. The first-order chi connectivity index (χ1) is 5.99. The molecule has 0 aromatic carbocycles. The predicted octanol–water partition coefficient (Wildman–Crippen LogP) is 2.21. The summed E-state index contributed by atoms with van der Waals surface area (Å²) in [6.07, 6.45) is 2.76. The van der Waals surface area contributed by atoms with Gasteiger partial charge in [0.15, 0.2) is 0 Å². The standard InChI is InChI=1S/C11H22O2/c1-8(2)9-5-6-11(3,13-4)10(12)7-9/h8-10,12H,5-7H2,1-4H3/t9-,10+,11+/m1/s1. The van der Waals surface area contributed by atoms with E-state index in [-0.39, 0.29) is 11.7 Å². The molecule has 0 radical (unpaired) electrons. The van der Waals surface area contributed by atoms with Crippen LogP contribution in [-0.4, -0.2) is 23.9 Å². The summed E-state index contributed by atoms with van der Waals surface area (Å²) in [6, 6.07) is 0. The Kier molecular flexibility index (Phi) is 3.36. The highest BCUT2D eigenvalue weighted by atomic mass is 16.5. The Morgan fingerprint density at radius 2 is 2.08 bits per heavy atom. The molecule has 0 aliphatic heterocycles. The van der Waals surface area contributed by atoms with Crippen molar-refractivity contribution in [2.75, 3.05) is 7.11 Å². The molecule has 13 heavy (non-hydrogen) atoms. The summed E-state index contributed by atoms with van der Waals surface area (Å²) < 4.78 is 5.37. The quantitative estimate of drug-likeness (QED) is 0.716. The first-order valence-corrected chi connectivity index (χ1v) is 5.23. The topological polar surface area (TPSA) is 29.5 Å². The number of methoxy groups -OCH3 is 1. The van der Waals surface area contributed by atoms with Crippen molar-refractivity contribution >= 4 is 0 Å². The van der Waals surface area contributed by atoms with Gasteiger partial charge in [0.25, 0.3) is 0 Å². The molecule has 0 unspecified atom stereocenters. The summed E-state index contributed by atoms with van der Waals surface area (Å²) >= 11 is 0. The Hall–Kier alpha value is -0.0800. The molecule has 1 saturated carbocycles. The minimum Gasteiger partial charge on any atom is -0.390 e. The molecule has 0 spiro atoms. The number of hydrogen-bond acceptors (Lipinski definition) is 2. The van der Waals surface area contributed by atoms with E-state index in [4.69, 9.17) is 4.74 Å². The third-order valence-corrected chi connectivity index (χ3v) is 3.65. The number of aliphatic hydroxyl groups excluding tert-OH is 1. The van der Waals surface area contributed by atoms with E-state index in [2.05, 4.69) is 13.8 Å². The van der Waals surface area contributed by atoms with E-state index in [0.29, 0.717) is 11.8 Å². The van der Waals surface area contributed by atoms with Gasteiger partial charge >= 0.3 is 0 Å². The van der Waals surface area contributed by atoms with Crippen molar-refractivity contribution in [2.24, 2.45) is 11.8 Å². The Morgan fingerprint density at radius 1 is 1.46 bits per heavy atom. The molecular weight excluding hydrogens is 164 g/mol. The summed E-state index contributed by atoms with van der Waals surface area (Å²) in [4.78, 5) is 0. The molecule has 1 rings (SSSR count). The SMILES string of the molecule is CO[C@@]1(C)CC[C@@H](C(C)C)C[C@@H]1O. The molecule has 78 valence electrons. The number of ether oxygens (including phenoxy) is 1. The molecule has 1 N–H and O–H groups in total. The zero-order valence-electron chi connectivity index (χ0n) is 9.21. The van der Waals surface area contributed by atoms with Gasteiger partial charge in [-0.25, -0.2) is 0 Å². The van der Waals surface area contributed by atoms with Crippen LogP contribution in [-0.2, 0) is 4.74 Å². The number of rotatable bonds is 2. The van der Waals surface area contributed by atoms with Gasteiger partial charge in [0.2, 0.25) is 0 Å². The maximum absolute atomic E-state index is 9.92. The Bertz CT molecular complexity index is 167. The monoisotopic (exact) mass is 186 g/mol. The van der Waals surface area contributed by atoms with Crippen LogP contribution in [0.1, 0.15) is 40.0 Å².